The smallest absolute Gasteiger partial charge is 0.119 e. The number of benzene rings is 1. The van der Waals surface area contributed by atoms with Gasteiger partial charge in [-0.25, -0.2) is 0 Å². The van der Waals surface area contributed by atoms with Crippen molar-refractivity contribution in [2.75, 3.05) is 5.88 Å². The van der Waals surface area contributed by atoms with E-state index in [1.54, 1.807) is 6.07 Å². The number of phenolic OH excluding ortho intramolecular Hbond substituents is 1. The summed E-state index contributed by atoms with van der Waals surface area (Å²) in [6, 6.07) is 3.70. The highest BCUT2D eigenvalue weighted by atomic mass is 79.9. The molecule has 0 aliphatic heterocycles. The fraction of sp³-hybridized carbons (Fsp3) is 0.455. The molecule has 1 aromatic carbocycles. The number of alkyl halides is 1. The van der Waals surface area contributed by atoms with Gasteiger partial charge in [0.05, 0.1) is 0 Å². The zero-order chi connectivity index (χ0) is 10.9. The Morgan fingerprint density at radius 2 is 2.00 bits per heavy atom. The Labute approximate surface area is 98.2 Å². The lowest BCUT2D eigenvalue weighted by Gasteiger charge is -2.23. The average Bonchev–Trinajstić information content (AvgIpc) is 2.11. The maximum atomic E-state index is 9.80. The number of hydrogen-bond acceptors (Lipinski definition) is 1. The van der Waals surface area contributed by atoms with E-state index >= 15 is 0 Å². The number of aromatic hydroxyl groups is 1. The molecule has 0 spiro atoms. The normalized spacial score (nSPS) is 11.8. The zero-order valence-corrected chi connectivity index (χ0v) is 10.9. The molecule has 1 aromatic rings. The fourth-order valence-electron chi connectivity index (χ4n) is 1.28. The topological polar surface area (TPSA) is 20.2 Å². The van der Waals surface area contributed by atoms with Crippen LogP contribution in [0.25, 0.3) is 0 Å². The molecule has 0 heterocycles. The lowest BCUT2D eigenvalue weighted by atomic mass is 9.85. The third kappa shape index (κ3) is 2.23. The van der Waals surface area contributed by atoms with Crippen LogP contribution in [0.15, 0.2) is 16.6 Å². The Kier molecular flexibility index (Phi) is 3.49. The maximum absolute atomic E-state index is 9.80. The summed E-state index contributed by atoms with van der Waals surface area (Å²) in [6.45, 7) is 5.97. The van der Waals surface area contributed by atoms with Crippen LogP contribution in [0, 0.1) is 6.92 Å². The molecule has 0 atom stereocenters. The molecule has 0 aromatic heterocycles. The standard InChI is InChI=1S/C11H14BrClO/c1-7-4-10(14)8(5-9(7)12)11(2,3)6-13/h4-5,14H,6H2,1-3H3. The Morgan fingerprint density at radius 3 is 2.50 bits per heavy atom. The maximum Gasteiger partial charge on any atom is 0.119 e. The van der Waals surface area contributed by atoms with Gasteiger partial charge in [-0.15, -0.1) is 11.6 Å². The van der Waals surface area contributed by atoms with E-state index in [-0.39, 0.29) is 5.41 Å². The van der Waals surface area contributed by atoms with E-state index in [9.17, 15) is 5.11 Å². The van der Waals surface area contributed by atoms with Crippen molar-refractivity contribution >= 4 is 27.5 Å². The lowest BCUT2D eigenvalue weighted by molar-refractivity contribution is 0.447. The van der Waals surface area contributed by atoms with Crippen LogP contribution in [0.3, 0.4) is 0 Å². The van der Waals surface area contributed by atoms with Crippen LogP contribution in [0.5, 0.6) is 5.75 Å². The molecule has 0 unspecified atom stereocenters. The van der Waals surface area contributed by atoms with Crippen LogP contribution >= 0.6 is 27.5 Å². The second kappa shape index (κ2) is 4.11. The first-order valence-electron chi connectivity index (χ1n) is 4.44. The van der Waals surface area contributed by atoms with Crippen LogP contribution in [-0.4, -0.2) is 11.0 Å². The predicted octanol–water partition coefficient (Wildman–Crippen LogP) is 3.98. The van der Waals surface area contributed by atoms with Crippen LogP contribution in [0.2, 0.25) is 0 Å². The van der Waals surface area contributed by atoms with Gasteiger partial charge < -0.3 is 5.11 Å². The summed E-state index contributed by atoms with van der Waals surface area (Å²) in [5.74, 6) is 0.798. The molecule has 0 bridgehead atoms. The number of rotatable bonds is 2. The molecular weight excluding hydrogens is 263 g/mol. The van der Waals surface area contributed by atoms with Crippen LogP contribution in [-0.2, 0) is 5.41 Å². The summed E-state index contributed by atoms with van der Waals surface area (Å²) >= 11 is 9.31. The number of hydrogen-bond donors (Lipinski definition) is 1. The number of halogens is 2. The molecule has 78 valence electrons. The number of aryl methyl sites for hydroxylation is 1. The molecular formula is C11H14BrClO. The first-order valence-corrected chi connectivity index (χ1v) is 5.77. The highest BCUT2D eigenvalue weighted by molar-refractivity contribution is 9.10. The first-order chi connectivity index (χ1) is 6.38. The van der Waals surface area contributed by atoms with E-state index < -0.39 is 0 Å². The third-order valence-electron chi connectivity index (χ3n) is 2.34. The van der Waals surface area contributed by atoms with Crippen LogP contribution in [0.4, 0.5) is 0 Å². The molecule has 1 N–H and O–H groups in total. The van der Waals surface area contributed by atoms with Crippen molar-refractivity contribution in [1.29, 1.82) is 0 Å². The Balaban J connectivity index is 3.29. The molecule has 0 saturated carbocycles. The van der Waals surface area contributed by atoms with Gasteiger partial charge in [-0.05, 0) is 24.6 Å². The van der Waals surface area contributed by atoms with Gasteiger partial charge in [-0.2, -0.15) is 0 Å². The zero-order valence-electron chi connectivity index (χ0n) is 8.56. The van der Waals surface area contributed by atoms with Crippen molar-refractivity contribution in [3.8, 4) is 5.75 Å². The van der Waals surface area contributed by atoms with Gasteiger partial charge in [0.2, 0.25) is 0 Å². The van der Waals surface area contributed by atoms with Crippen molar-refractivity contribution in [2.45, 2.75) is 26.2 Å². The largest absolute Gasteiger partial charge is 0.508 e. The predicted molar refractivity (Wildman–Crippen MR) is 64.3 cm³/mol. The third-order valence-corrected chi connectivity index (χ3v) is 3.86. The van der Waals surface area contributed by atoms with E-state index in [1.807, 2.05) is 26.8 Å². The first kappa shape index (κ1) is 11.9. The van der Waals surface area contributed by atoms with Crippen LogP contribution < -0.4 is 0 Å². The molecule has 0 fully saturated rings. The van der Waals surface area contributed by atoms with Gasteiger partial charge in [-0.3, -0.25) is 0 Å². The SMILES string of the molecule is Cc1cc(O)c(C(C)(C)CCl)cc1Br. The minimum Gasteiger partial charge on any atom is -0.508 e. The van der Waals surface area contributed by atoms with E-state index in [4.69, 9.17) is 11.6 Å². The molecule has 14 heavy (non-hydrogen) atoms. The van der Waals surface area contributed by atoms with Crippen molar-refractivity contribution in [3.05, 3.63) is 27.7 Å². The van der Waals surface area contributed by atoms with Crippen molar-refractivity contribution < 1.29 is 5.11 Å². The van der Waals surface area contributed by atoms with E-state index in [0.717, 1.165) is 15.6 Å². The quantitative estimate of drug-likeness (QED) is 0.811. The highest BCUT2D eigenvalue weighted by Crippen LogP contribution is 2.35. The minimum absolute atomic E-state index is 0.206. The molecule has 0 radical (unpaired) electrons. The number of phenols is 1. The summed E-state index contributed by atoms with van der Waals surface area (Å²) in [5, 5.41) is 9.80. The summed E-state index contributed by atoms with van der Waals surface area (Å²) in [5.41, 5.74) is 1.70. The lowest BCUT2D eigenvalue weighted by Crippen LogP contribution is -2.19. The Morgan fingerprint density at radius 1 is 1.43 bits per heavy atom. The van der Waals surface area contributed by atoms with E-state index in [1.165, 1.54) is 0 Å². The van der Waals surface area contributed by atoms with E-state index in [2.05, 4.69) is 15.9 Å². The van der Waals surface area contributed by atoms with Gasteiger partial charge in [0.1, 0.15) is 5.75 Å². The fourth-order valence-corrected chi connectivity index (χ4v) is 1.77. The molecule has 0 aliphatic carbocycles. The molecule has 0 aliphatic rings. The van der Waals surface area contributed by atoms with Gasteiger partial charge in [0.25, 0.3) is 0 Å². The summed E-state index contributed by atoms with van der Waals surface area (Å²) in [7, 11) is 0. The second-order valence-electron chi connectivity index (χ2n) is 4.14. The minimum atomic E-state index is -0.206. The Bertz CT molecular complexity index is 347. The highest BCUT2D eigenvalue weighted by Gasteiger charge is 2.23. The van der Waals surface area contributed by atoms with Crippen molar-refractivity contribution in [1.82, 2.24) is 0 Å². The van der Waals surface area contributed by atoms with Crippen molar-refractivity contribution in [3.63, 3.8) is 0 Å². The molecule has 0 saturated heterocycles. The molecule has 0 amide bonds. The molecule has 1 nitrogen and oxygen atoms in total. The second-order valence-corrected chi connectivity index (χ2v) is 5.26. The van der Waals surface area contributed by atoms with Gasteiger partial charge >= 0.3 is 0 Å². The summed E-state index contributed by atoms with van der Waals surface area (Å²) in [4.78, 5) is 0. The average molecular weight is 278 g/mol. The monoisotopic (exact) mass is 276 g/mol. The van der Waals surface area contributed by atoms with Crippen LogP contribution in [0.1, 0.15) is 25.0 Å². The van der Waals surface area contributed by atoms with Gasteiger partial charge in [-0.1, -0.05) is 29.8 Å². The summed E-state index contributed by atoms with van der Waals surface area (Å²) in [6.07, 6.45) is 0. The van der Waals surface area contributed by atoms with Crippen molar-refractivity contribution in [2.24, 2.45) is 0 Å². The Hall–Kier alpha value is -0.210. The van der Waals surface area contributed by atoms with Gasteiger partial charge in [0, 0.05) is 21.3 Å². The molecule has 1 rings (SSSR count). The van der Waals surface area contributed by atoms with Gasteiger partial charge in [0.15, 0.2) is 0 Å². The molecule has 3 heteroatoms. The van der Waals surface area contributed by atoms with E-state index in [0.29, 0.717) is 11.6 Å². The summed E-state index contributed by atoms with van der Waals surface area (Å²) < 4.78 is 1.00.